The fourth-order valence-electron chi connectivity index (χ4n) is 3.99. The van der Waals surface area contributed by atoms with Gasteiger partial charge in [-0.05, 0) is 40.0 Å². The first-order valence-corrected chi connectivity index (χ1v) is 12.2. The number of nitrogens with one attached hydrogen (secondary N) is 3. The number of benzene rings is 2. The lowest BCUT2D eigenvalue weighted by atomic mass is 10.1. The van der Waals surface area contributed by atoms with Crippen molar-refractivity contribution in [2.24, 2.45) is 0 Å². The Morgan fingerprint density at radius 1 is 0.971 bits per heavy atom. The number of aromatic nitrogens is 2. The number of amides is 2. The topological polar surface area (TPSA) is 93.4 Å². The van der Waals surface area contributed by atoms with Gasteiger partial charge >= 0.3 is 0 Å². The molecule has 3 N–H and O–H groups in total. The molecule has 9 heteroatoms. The van der Waals surface area contributed by atoms with Crippen LogP contribution in [0.1, 0.15) is 32.0 Å². The number of anilines is 1. The fraction of sp³-hybridized carbons (Fsp3) is 0.320. The third-order valence-corrected chi connectivity index (χ3v) is 6.76. The van der Waals surface area contributed by atoms with Gasteiger partial charge in [0.2, 0.25) is 0 Å². The number of rotatable bonds is 8. The second-order valence-electron chi connectivity index (χ2n) is 8.39. The van der Waals surface area contributed by atoms with Gasteiger partial charge in [0.05, 0.1) is 4.47 Å². The van der Waals surface area contributed by atoms with Crippen molar-refractivity contribution < 1.29 is 9.59 Å². The van der Waals surface area contributed by atoms with E-state index in [2.05, 4.69) is 70.8 Å². The molecular formula is C25H29BrN6O2. The zero-order valence-electron chi connectivity index (χ0n) is 19.2. The number of aromatic amines is 1. The van der Waals surface area contributed by atoms with Crippen LogP contribution in [0.15, 0.2) is 59.1 Å². The lowest BCUT2D eigenvalue weighted by molar-refractivity contribution is 0.0927. The van der Waals surface area contributed by atoms with E-state index in [1.807, 2.05) is 31.2 Å². The van der Waals surface area contributed by atoms with Crippen LogP contribution in [0.4, 0.5) is 5.82 Å². The number of nitrogens with zero attached hydrogens (tertiary/aromatic N) is 3. The number of H-pyrrole nitrogens is 1. The van der Waals surface area contributed by atoms with Crippen molar-refractivity contribution in [1.82, 2.24) is 25.3 Å². The molecule has 2 amide bonds. The second-order valence-corrected chi connectivity index (χ2v) is 9.18. The number of hydrogen-bond acceptors (Lipinski definition) is 5. The van der Waals surface area contributed by atoms with Gasteiger partial charge in [-0.2, -0.15) is 5.10 Å². The standard InChI is InChI=1S/C25H29BrN6O2/c1-18-7-5-6-10-20(18)24(33)28-23-21(26)22(29-30-23)25(34)27-11-12-31-13-15-32(16-14-31)17-19-8-3-2-4-9-19/h2-10H,11-17H2,1H3,(H,27,34)(H2,28,29,30,33). The van der Waals surface area contributed by atoms with Crippen LogP contribution in [0.25, 0.3) is 0 Å². The average Bonchev–Trinajstić information content (AvgIpc) is 3.21. The number of hydrogen-bond donors (Lipinski definition) is 3. The van der Waals surface area contributed by atoms with Crippen LogP contribution >= 0.6 is 15.9 Å². The van der Waals surface area contributed by atoms with E-state index < -0.39 is 0 Å². The van der Waals surface area contributed by atoms with Crippen LogP contribution in [-0.4, -0.2) is 71.1 Å². The fourth-order valence-corrected chi connectivity index (χ4v) is 4.45. The Balaban J connectivity index is 1.22. The van der Waals surface area contributed by atoms with Gasteiger partial charge in [-0.15, -0.1) is 0 Å². The molecule has 1 aromatic heterocycles. The zero-order valence-corrected chi connectivity index (χ0v) is 20.8. The summed E-state index contributed by atoms with van der Waals surface area (Å²) < 4.78 is 0.432. The molecule has 1 aliphatic rings. The Bertz CT molecular complexity index is 1130. The largest absolute Gasteiger partial charge is 0.349 e. The summed E-state index contributed by atoms with van der Waals surface area (Å²) in [6.45, 7) is 8.15. The quantitative estimate of drug-likeness (QED) is 0.420. The molecule has 1 aliphatic heterocycles. The molecule has 0 saturated carbocycles. The molecule has 4 rings (SSSR count). The van der Waals surface area contributed by atoms with Crippen LogP contribution < -0.4 is 10.6 Å². The number of aryl methyl sites for hydroxylation is 1. The van der Waals surface area contributed by atoms with Crippen molar-refractivity contribution in [2.75, 3.05) is 44.6 Å². The Morgan fingerprint density at radius 2 is 1.65 bits per heavy atom. The molecule has 0 radical (unpaired) electrons. The first kappa shape index (κ1) is 24.1. The third kappa shape index (κ3) is 6.11. The maximum Gasteiger partial charge on any atom is 0.270 e. The van der Waals surface area contributed by atoms with Gasteiger partial charge in [-0.3, -0.25) is 24.5 Å². The monoisotopic (exact) mass is 524 g/mol. The number of piperazine rings is 1. The molecular weight excluding hydrogens is 496 g/mol. The minimum atomic E-state index is -0.274. The molecule has 3 aromatic rings. The Morgan fingerprint density at radius 3 is 2.38 bits per heavy atom. The van der Waals surface area contributed by atoms with Crippen LogP contribution in [0.5, 0.6) is 0 Å². The van der Waals surface area contributed by atoms with E-state index in [-0.39, 0.29) is 23.3 Å². The maximum atomic E-state index is 12.6. The SMILES string of the molecule is Cc1ccccc1C(=O)Nc1n[nH]c(C(=O)NCCN2CCN(Cc3ccccc3)CC2)c1Br. The number of halogens is 1. The summed E-state index contributed by atoms with van der Waals surface area (Å²) in [6, 6.07) is 17.8. The van der Waals surface area contributed by atoms with E-state index in [1.54, 1.807) is 6.07 Å². The van der Waals surface area contributed by atoms with Crippen LogP contribution in [-0.2, 0) is 6.54 Å². The molecule has 2 aromatic carbocycles. The highest BCUT2D eigenvalue weighted by Gasteiger charge is 2.21. The van der Waals surface area contributed by atoms with Crippen LogP contribution in [0.2, 0.25) is 0 Å². The molecule has 2 heterocycles. The van der Waals surface area contributed by atoms with E-state index in [1.165, 1.54) is 5.56 Å². The van der Waals surface area contributed by atoms with Gasteiger partial charge in [-0.1, -0.05) is 48.5 Å². The summed E-state index contributed by atoms with van der Waals surface area (Å²) in [6.07, 6.45) is 0. The second kappa shape index (κ2) is 11.4. The summed E-state index contributed by atoms with van der Waals surface area (Å²) >= 11 is 3.39. The zero-order chi connectivity index (χ0) is 23.9. The van der Waals surface area contributed by atoms with Crippen molar-refractivity contribution in [1.29, 1.82) is 0 Å². The first-order chi connectivity index (χ1) is 16.5. The van der Waals surface area contributed by atoms with Gasteiger partial charge in [-0.25, -0.2) is 0 Å². The van der Waals surface area contributed by atoms with Crippen molar-refractivity contribution in [3.8, 4) is 0 Å². The molecule has 0 bridgehead atoms. The van der Waals surface area contributed by atoms with Crippen molar-refractivity contribution in [2.45, 2.75) is 13.5 Å². The highest BCUT2D eigenvalue weighted by Crippen LogP contribution is 2.24. The summed E-state index contributed by atoms with van der Waals surface area (Å²) in [5, 5.41) is 12.5. The number of carbonyl (C=O) groups is 2. The van der Waals surface area contributed by atoms with Crippen molar-refractivity contribution in [3.05, 3.63) is 81.5 Å². The van der Waals surface area contributed by atoms with E-state index >= 15 is 0 Å². The molecule has 0 aliphatic carbocycles. The molecule has 0 atom stereocenters. The molecule has 1 fully saturated rings. The van der Waals surface area contributed by atoms with Gasteiger partial charge < -0.3 is 10.6 Å². The van der Waals surface area contributed by atoms with Gasteiger partial charge in [0, 0.05) is 51.4 Å². The number of carbonyl (C=O) groups excluding carboxylic acids is 2. The molecule has 1 saturated heterocycles. The average molecular weight is 525 g/mol. The van der Waals surface area contributed by atoms with Crippen molar-refractivity contribution in [3.63, 3.8) is 0 Å². The van der Waals surface area contributed by atoms with E-state index in [9.17, 15) is 9.59 Å². The van der Waals surface area contributed by atoms with E-state index in [4.69, 9.17) is 0 Å². The predicted octanol–water partition coefficient (Wildman–Crippen LogP) is 3.28. The molecule has 0 spiro atoms. The molecule has 34 heavy (non-hydrogen) atoms. The molecule has 178 valence electrons. The van der Waals surface area contributed by atoms with Crippen LogP contribution in [0, 0.1) is 6.92 Å². The lowest BCUT2D eigenvalue weighted by Crippen LogP contribution is -2.48. The van der Waals surface area contributed by atoms with Gasteiger partial charge in [0.1, 0.15) is 5.69 Å². The van der Waals surface area contributed by atoms with E-state index in [0.717, 1.165) is 44.8 Å². The summed E-state index contributed by atoms with van der Waals surface area (Å²) in [7, 11) is 0. The Kier molecular flexibility index (Phi) is 8.10. The highest BCUT2D eigenvalue weighted by molar-refractivity contribution is 9.10. The lowest BCUT2D eigenvalue weighted by Gasteiger charge is -2.34. The van der Waals surface area contributed by atoms with Gasteiger partial charge in [0.25, 0.3) is 11.8 Å². The third-order valence-electron chi connectivity index (χ3n) is 5.98. The summed E-state index contributed by atoms with van der Waals surface area (Å²) in [5.41, 5.74) is 3.05. The molecule has 8 nitrogen and oxygen atoms in total. The smallest absolute Gasteiger partial charge is 0.270 e. The highest BCUT2D eigenvalue weighted by atomic mass is 79.9. The summed E-state index contributed by atoms with van der Waals surface area (Å²) in [4.78, 5) is 30.0. The van der Waals surface area contributed by atoms with Crippen LogP contribution in [0.3, 0.4) is 0 Å². The normalized spacial score (nSPS) is 14.6. The minimum Gasteiger partial charge on any atom is -0.349 e. The summed E-state index contributed by atoms with van der Waals surface area (Å²) in [5.74, 6) is -0.255. The predicted molar refractivity (Wildman–Crippen MR) is 136 cm³/mol. The first-order valence-electron chi connectivity index (χ1n) is 11.4. The maximum absolute atomic E-state index is 12.6. The van der Waals surface area contributed by atoms with Gasteiger partial charge in [0.15, 0.2) is 5.82 Å². The minimum absolute atomic E-state index is 0.265. The molecule has 0 unspecified atom stereocenters. The Hall–Kier alpha value is -3.01. The van der Waals surface area contributed by atoms with Crippen molar-refractivity contribution >= 4 is 33.6 Å². The Labute approximate surface area is 207 Å². The van der Waals surface area contributed by atoms with E-state index in [0.29, 0.717) is 16.6 Å².